The van der Waals surface area contributed by atoms with E-state index in [1.54, 1.807) is 0 Å². The van der Waals surface area contributed by atoms with Crippen LogP contribution in [-0.2, 0) is 0 Å². The van der Waals surface area contributed by atoms with Gasteiger partial charge in [0, 0.05) is 0 Å². The Bertz CT molecular complexity index is 687. The van der Waals surface area contributed by atoms with Crippen molar-refractivity contribution in [2.75, 3.05) is 0 Å². The molecule has 0 aliphatic heterocycles. The second-order valence-corrected chi connectivity index (χ2v) is 5.59. The quantitative estimate of drug-likeness (QED) is 0.632. The second-order valence-electron chi connectivity index (χ2n) is 3.52. The maximum Gasteiger partial charge on any atom is -0.197 e. The van der Waals surface area contributed by atoms with Gasteiger partial charge in [0.05, 0.1) is 0 Å². The molecule has 0 atom stereocenters. The van der Waals surface area contributed by atoms with Crippen LogP contribution in [0.1, 0.15) is 0 Å². The summed E-state index contributed by atoms with van der Waals surface area (Å²) < 4.78 is 3.04. The minimum atomic E-state index is 0. The molecule has 0 bridgehead atoms. The molecule has 3 rings (SSSR count). The Morgan fingerprint density at radius 2 is 1.53 bits per heavy atom. The Balaban J connectivity index is 0.00000108. The van der Waals surface area contributed by atoms with E-state index < -0.39 is 0 Å². The van der Waals surface area contributed by atoms with Crippen molar-refractivity contribution in [1.29, 1.82) is 0 Å². The number of benzene rings is 2. The van der Waals surface area contributed by atoms with Crippen molar-refractivity contribution in [3.63, 3.8) is 0 Å². The number of rotatable bonds is 1. The van der Waals surface area contributed by atoms with Crippen molar-refractivity contribution in [1.82, 2.24) is 3.56 Å². The molecule has 0 saturated carbocycles. The third kappa shape index (κ3) is 2.12. The van der Waals surface area contributed by atoms with Gasteiger partial charge in [-0.2, -0.15) is 13.5 Å². The molecule has 0 N–H and O–H groups in total. The minimum Gasteiger partial charge on any atom is -0.197 e. The molecule has 0 spiro atoms. The van der Waals surface area contributed by atoms with Gasteiger partial charge in [0.2, 0.25) is 0 Å². The number of para-hydroxylation sites is 1. The van der Waals surface area contributed by atoms with E-state index in [9.17, 15) is 4.79 Å². The van der Waals surface area contributed by atoms with Crippen molar-refractivity contribution in [2.24, 2.45) is 0 Å². The Kier molecular flexibility index (Phi) is 3.57. The van der Waals surface area contributed by atoms with Crippen LogP contribution < -0.4 is 5.56 Å². The molecule has 3 aromatic rings. The van der Waals surface area contributed by atoms with Crippen molar-refractivity contribution in [2.45, 2.75) is 0 Å². The van der Waals surface area contributed by atoms with Crippen LogP contribution in [0.3, 0.4) is 0 Å². The largest absolute Gasteiger partial charge is 0.197 e. The molecule has 17 heavy (non-hydrogen) atoms. The van der Waals surface area contributed by atoms with Crippen LogP contribution in [0, 0.1) is 0 Å². The zero-order valence-electron chi connectivity index (χ0n) is 8.96. The van der Waals surface area contributed by atoms with E-state index in [1.165, 1.54) is 4.26 Å². The molecule has 2 nitrogen and oxygen atoms in total. The normalized spacial score (nSPS) is 10.1. The molecule has 2 aromatic carbocycles. The summed E-state index contributed by atoms with van der Waals surface area (Å²) in [5.74, 6) is 0. The first kappa shape index (κ1) is 12.2. The van der Waals surface area contributed by atoms with Gasteiger partial charge in [0.15, 0.2) is 0 Å². The third-order valence-electron chi connectivity index (χ3n) is 2.48. The van der Waals surface area contributed by atoms with Gasteiger partial charge in [-0.05, 0) is 0 Å². The molecule has 0 amide bonds. The molecule has 86 valence electrons. The Morgan fingerprint density at radius 1 is 0.882 bits per heavy atom. The average molecular weight is 308 g/mol. The van der Waals surface area contributed by atoms with Crippen LogP contribution in [0.4, 0.5) is 0 Å². The van der Waals surface area contributed by atoms with Crippen LogP contribution in [0.2, 0.25) is 0 Å². The fourth-order valence-electron chi connectivity index (χ4n) is 1.71. The summed E-state index contributed by atoms with van der Waals surface area (Å²) in [6.45, 7) is 0. The smallest absolute Gasteiger partial charge is 0.197 e. The molecule has 0 fully saturated rings. The van der Waals surface area contributed by atoms with Crippen LogP contribution >= 0.6 is 13.5 Å². The van der Waals surface area contributed by atoms with Crippen LogP contribution in [0.5, 0.6) is 0 Å². The molecule has 1 heterocycles. The summed E-state index contributed by atoms with van der Waals surface area (Å²) in [6.07, 6.45) is 0. The molecule has 0 aliphatic carbocycles. The summed E-state index contributed by atoms with van der Waals surface area (Å²) in [5.41, 5.74) is 1.12. The number of nitrogens with zero attached hydrogens (tertiary/aromatic N) is 1. The Labute approximate surface area is 112 Å². The average Bonchev–Trinajstić information content (AvgIpc) is 2.69. The fraction of sp³-hybridized carbons (Fsp3) is 0. The molecular weight excluding hydrogens is 297 g/mol. The number of fused-ring (bicyclic) bond motifs is 1. The van der Waals surface area contributed by atoms with E-state index in [0.29, 0.717) is 0 Å². The second kappa shape index (κ2) is 4.96. The van der Waals surface area contributed by atoms with Crippen LogP contribution in [0.25, 0.3) is 15.3 Å². The van der Waals surface area contributed by atoms with Crippen molar-refractivity contribution in [3.8, 4) is 5.69 Å². The molecular formula is C13H11NOSSe. The Hall–Kier alpha value is -1.22. The first-order chi connectivity index (χ1) is 7.86. The predicted octanol–water partition coefficient (Wildman–Crippen LogP) is 2.16. The van der Waals surface area contributed by atoms with E-state index in [-0.39, 0.29) is 33.8 Å². The number of hydrogen-bond donors (Lipinski definition) is 0. The van der Waals surface area contributed by atoms with E-state index in [0.717, 1.165) is 11.1 Å². The summed E-state index contributed by atoms with van der Waals surface area (Å²) >= 11 is 0.0784. The maximum absolute atomic E-state index is 12.1. The predicted molar refractivity (Wildman–Crippen MR) is 76.9 cm³/mol. The first-order valence-electron chi connectivity index (χ1n) is 5.03. The molecule has 1 aromatic heterocycles. The van der Waals surface area contributed by atoms with Crippen molar-refractivity contribution in [3.05, 3.63) is 65.0 Å². The number of aromatic nitrogens is 1. The first-order valence-corrected chi connectivity index (χ1v) is 6.65. The SMILES string of the molecule is O=c1c2ccccc2[se]n1-c1ccccc1.S. The summed E-state index contributed by atoms with van der Waals surface area (Å²) in [7, 11) is 0. The van der Waals surface area contributed by atoms with Gasteiger partial charge in [0.25, 0.3) is 0 Å². The van der Waals surface area contributed by atoms with E-state index in [4.69, 9.17) is 0 Å². The van der Waals surface area contributed by atoms with Gasteiger partial charge in [-0.25, -0.2) is 0 Å². The Morgan fingerprint density at radius 3 is 2.24 bits per heavy atom. The van der Waals surface area contributed by atoms with Gasteiger partial charge in [-0.15, -0.1) is 0 Å². The molecule has 0 unspecified atom stereocenters. The van der Waals surface area contributed by atoms with E-state index in [2.05, 4.69) is 0 Å². The summed E-state index contributed by atoms with van der Waals surface area (Å²) in [6, 6.07) is 17.7. The van der Waals surface area contributed by atoms with Crippen LogP contribution in [-0.4, -0.2) is 18.3 Å². The monoisotopic (exact) mass is 309 g/mol. The van der Waals surface area contributed by atoms with Gasteiger partial charge in [-0.1, -0.05) is 0 Å². The fourth-order valence-corrected chi connectivity index (χ4v) is 3.80. The van der Waals surface area contributed by atoms with Crippen LogP contribution in [0.15, 0.2) is 59.4 Å². The molecule has 0 saturated heterocycles. The molecule has 4 heteroatoms. The maximum atomic E-state index is 12.1. The topological polar surface area (TPSA) is 22.0 Å². The van der Waals surface area contributed by atoms with Crippen molar-refractivity contribution >= 4 is 37.9 Å². The van der Waals surface area contributed by atoms with Gasteiger partial charge >= 0.3 is 98.6 Å². The summed E-state index contributed by atoms with van der Waals surface area (Å²) in [4.78, 5) is 12.1. The zero-order chi connectivity index (χ0) is 11.0. The van der Waals surface area contributed by atoms with Gasteiger partial charge in [-0.3, -0.25) is 0 Å². The van der Waals surface area contributed by atoms with Gasteiger partial charge in [0.1, 0.15) is 0 Å². The molecule has 0 aliphatic rings. The van der Waals surface area contributed by atoms with Crippen molar-refractivity contribution < 1.29 is 0 Å². The standard InChI is InChI=1S/C13H9NOSe.H2S/c15-13-11-8-4-5-9-12(11)16-14(13)10-6-2-1-3-7-10;/h1-9H;1H2. The third-order valence-corrected chi connectivity index (χ3v) is 4.82. The van der Waals surface area contributed by atoms with E-state index >= 15 is 0 Å². The number of hydrogen-bond acceptors (Lipinski definition) is 1. The minimum absolute atomic E-state index is 0. The van der Waals surface area contributed by atoms with Gasteiger partial charge < -0.3 is 0 Å². The zero-order valence-corrected chi connectivity index (χ0v) is 11.7. The molecule has 0 radical (unpaired) electrons. The van der Waals surface area contributed by atoms with E-state index in [1.807, 2.05) is 58.2 Å². The summed E-state index contributed by atoms with van der Waals surface area (Å²) in [5, 5.41) is 0.853.